The summed E-state index contributed by atoms with van der Waals surface area (Å²) in [5, 5.41) is 11.3. The summed E-state index contributed by atoms with van der Waals surface area (Å²) in [4.78, 5) is 24.6. The molecule has 0 spiro atoms. The molecule has 7 heteroatoms. The molecule has 0 aliphatic carbocycles. The summed E-state index contributed by atoms with van der Waals surface area (Å²) in [6.07, 6.45) is -0.0895. The first-order valence-corrected chi connectivity index (χ1v) is 6.64. The van der Waals surface area contributed by atoms with Gasteiger partial charge in [0.15, 0.2) is 0 Å². The van der Waals surface area contributed by atoms with E-state index in [1.165, 1.54) is 18.2 Å². The van der Waals surface area contributed by atoms with E-state index < -0.39 is 4.92 Å². The zero-order chi connectivity index (χ0) is 14.9. The molecule has 1 aliphatic rings. The summed E-state index contributed by atoms with van der Waals surface area (Å²) in [7, 11) is 0. The molecule has 1 aliphatic heterocycles. The average Bonchev–Trinajstić information content (AvgIpc) is 2.40. The highest BCUT2D eigenvalue weighted by atomic mass is 35.5. The van der Waals surface area contributed by atoms with E-state index in [1.54, 1.807) is 4.90 Å². The van der Waals surface area contributed by atoms with Crippen molar-refractivity contribution in [2.75, 3.05) is 13.2 Å². The second kappa shape index (κ2) is 5.76. The van der Waals surface area contributed by atoms with Gasteiger partial charge in [-0.15, -0.1) is 0 Å². The number of morpholine rings is 1. The fourth-order valence-electron chi connectivity index (χ4n) is 2.18. The van der Waals surface area contributed by atoms with Crippen molar-refractivity contribution >= 4 is 23.2 Å². The van der Waals surface area contributed by atoms with Gasteiger partial charge in [0, 0.05) is 17.6 Å². The third-order valence-corrected chi connectivity index (χ3v) is 3.49. The van der Waals surface area contributed by atoms with E-state index in [9.17, 15) is 14.9 Å². The fraction of sp³-hybridized carbons (Fsp3) is 0.462. The van der Waals surface area contributed by atoms with Gasteiger partial charge >= 0.3 is 0 Å². The predicted octanol–water partition coefficient (Wildman–Crippen LogP) is 2.50. The van der Waals surface area contributed by atoms with Gasteiger partial charge in [-0.05, 0) is 26.0 Å². The molecular formula is C13H15ClN2O4. The van der Waals surface area contributed by atoms with Crippen molar-refractivity contribution in [3.8, 4) is 0 Å². The van der Waals surface area contributed by atoms with E-state index in [0.29, 0.717) is 18.2 Å². The first-order valence-electron chi connectivity index (χ1n) is 6.26. The Morgan fingerprint density at radius 2 is 2.20 bits per heavy atom. The molecule has 1 aromatic carbocycles. The summed E-state index contributed by atoms with van der Waals surface area (Å²) < 4.78 is 5.45. The summed E-state index contributed by atoms with van der Waals surface area (Å²) >= 11 is 5.85. The molecule has 0 saturated carbocycles. The smallest absolute Gasteiger partial charge is 0.282 e. The third kappa shape index (κ3) is 2.91. The van der Waals surface area contributed by atoms with Crippen LogP contribution in [0.3, 0.4) is 0 Å². The number of hydrogen-bond donors (Lipinski definition) is 0. The van der Waals surface area contributed by atoms with Crippen LogP contribution < -0.4 is 0 Å². The molecule has 6 nitrogen and oxygen atoms in total. The summed E-state index contributed by atoms with van der Waals surface area (Å²) in [5.41, 5.74) is -0.214. The van der Waals surface area contributed by atoms with Crippen molar-refractivity contribution < 1.29 is 14.5 Å². The van der Waals surface area contributed by atoms with Gasteiger partial charge in [0.1, 0.15) is 5.56 Å². The van der Waals surface area contributed by atoms with E-state index in [0.717, 1.165) is 0 Å². The molecule has 0 radical (unpaired) electrons. The van der Waals surface area contributed by atoms with Crippen LogP contribution in [-0.4, -0.2) is 41.0 Å². The predicted molar refractivity (Wildman–Crippen MR) is 74.0 cm³/mol. The van der Waals surface area contributed by atoms with E-state index in [1.807, 2.05) is 13.8 Å². The summed E-state index contributed by atoms with van der Waals surface area (Å²) in [6, 6.07) is 3.87. The molecule has 1 fully saturated rings. The molecule has 1 amide bonds. The minimum Gasteiger partial charge on any atom is -0.375 e. The number of carbonyl (C=O) groups is 1. The monoisotopic (exact) mass is 298 g/mol. The lowest BCUT2D eigenvalue weighted by atomic mass is 10.1. The molecule has 2 unspecified atom stereocenters. The van der Waals surface area contributed by atoms with Gasteiger partial charge in [-0.2, -0.15) is 0 Å². The van der Waals surface area contributed by atoms with Crippen molar-refractivity contribution in [1.82, 2.24) is 4.90 Å². The molecule has 0 bridgehead atoms. The van der Waals surface area contributed by atoms with E-state index in [4.69, 9.17) is 16.3 Å². The molecule has 108 valence electrons. The second-order valence-corrected chi connectivity index (χ2v) is 5.31. The third-order valence-electron chi connectivity index (χ3n) is 3.25. The Hall–Kier alpha value is -1.66. The molecule has 0 N–H and O–H groups in total. The van der Waals surface area contributed by atoms with Gasteiger partial charge in [0.05, 0.1) is 23.7 Å². The minimum absolute atomic E-state index is 0.0171. The Balaban J connectivity index is 2.37. The zero-order valence-electron chi connectivity index (χ0n) is 11.2. The number of amides is 1. The topological polar surface area (TPSA) is 72.7 Å². The Labute approximate surface area is 121 Å². The first kappa shape index (κ1) is 14.7. The van der Waals surface area contributed by atoms with Crippen LogP contribution in [0.1, 0.15) is 24.2 Å². The number of carbonyl (C=O) groups excluding carboxylic acids is 1. The summed E-state index contributed by atoms with van der Waals surface area (Å²) in [6.45, 7) is 4.53. The fourth-order valence-corrected chi connectivity index (χ4v) is 2.35. The van der Waals surface area contributed by atoms with Crippen molar-refractivity contribution in [3.63, 3.8) is 0 Å². The van der Waals surface area contributed by atoms with Crippen LogP contribution in [0.4, 0.5) is 5.69 Å². The maximum absolute atomic E-state index is 12.5. The van der Waals surface area contributed by atoms with Crippen LogP contribution in [0.5, 0.6) is 0 Å². The van der Waals surface area contributed by atoms with Crippen molar-refractivity contribution in [1.29, 1.82) is 0 Å². The Bertz CT molecular complexity index is 549. The number of hydrogen-bond acceptors (Lipinski definition) is 4. The van der Waals surface area contributed by atoms with Crippen molar-refractivity contribution in [2.45, 2.75) is 26.0 Å². The van der Waals surface area contributed by atoms with Crippen LogP contribution in [0, 0.1) is 10.1 Å². The number of nitro benzene ring substituents is 1. The largest absolute Gasteiger partial charge is 0.375 e. The highest BCUT2D eigenvalue weighted by molar-refractivity contribution is 6.31. The molecule has 2 atom stereocenters. The average molecular weight is 299 g/mol. The lowest BCUT2D eigenvalue weighted by Gasteiger charge is -2.36. The number of nitrogens with zero attached hydrogens (tertiary/aromatic N) is 2. The van der Waals surface area contributed by atoms with Gasteiger partial charge in [-0.1, -0.05) is 11.6 Å². The summed E-state index contributed by atoms with van der Waals surface area (Å²) in [5.74, 6) is -0.387. The molecule has 2 rings (SSSR count). The second-order valence-electron chi connectivity index (χ2n) is 4.87. The first-order chi connectivity index (χ1) is 9.40. The van der Waals surface area contributed by atoms with Crippen LogP contribution in [0.25, 0.3) is 0 Å². The lowest BCUT2D eigenvalue weighted by molar-refractivity contribution is -0.385. The van der Waals surface area contributed by atoms with E-state index >= 15 is 0 Å². The number of rotatable bonds is 2. The normalized spacial score (nSPS) is 22.6. The number of benzene rings is 1. The minimum atomic E-state index is -0.571. The Morgan fingerprint density at radius 3 is 2.85 bits per heavy atom. The molecule has 1 heterocycles. The van der Waals surface area contributed by atoms with Gasteiger partial charge in [-0.3, -0.25) is 14.9 Å². The maximum Gasteiger partial charge on any atom is 0.282 e. The van der Waals surface area contributed by atoms with E-state index in [2.05, 4.69) is 0 Å². The number of nitro groups is 1. The van der Waals surface area contributed by atoms with Crippen molar-refractivity contribution in [3.05, 3.63) is 38.9 Å². The van der Waals surface area contributed by atoms with Crippen molar-refractivity contribution in [2.24, 2.45) is 0 Å². The molecule has 1 saturated heterocycles. The van der Waals surface area contributed by atoms with E-state index in [-0.39, 0.29) is 29.3 Å². The standard InChI is InChI=1S/C13H15ClN2O4/c1-8-7-20-9(2)6-15(8)13(17)11-5-10(14)3-4-12(11)16(18)19/h3-5,8-9H,6-7H2,1-2H3. The van der Waals surface area contributed by atoms with Crippen LogP contribution in [-0.2, 0) is 4.74 Å². The molecule has 20 heavy (non-hydrogen) atoms. The van der Waals surface area contributed by atoms with Crippen LogP contribution >= 0.6 is 11.6 Å². The van der Waals surface area contributed by atoms with Gasteiger partial charge in [-0.25, -0.2) is 0 Å². The highest BCUT2D eigenvalue weighted by Crippen LogP contribution is 2.26. The molecule has 1 aromatic rings. The Kier molecular flexibility index (Phi) is 4.25. The lowest BCUT2D eigenvalue weighted by Crippen LogP contribution is -2.50. The van der Waals surface area contributed by atoms with Gasteiger partial charge in [0.25, 0.3) is 11.6 Å². The number of halogens is 1. The van der Waals surface area contributed by atoms with Gasteiger partial charge in [0.2, 0.25) is 0 Å². The van der Waals surface area contributed by atoms with Crippen LogP contribution in [0.2, 0.25) is 5.02 Å². The quantitative estimate of drug-likeness (QED) is 0.621. The Morgan fingerprint density at radius 1 is 1.50 bits per heavy atom. The van der Waals surface area contributed by atoms with Crippen LogP contribution in [0.15, 0.2) is 18.2 Å². The molecule has 0 aromatic heterocycles. The number of ether oxygens (including phenoxy) is 1. The SMILES string of the molecule is CC1CN(C(=O)c2cc(Cl)ccc2[N+](=O)[O-])C(C)CO1. The highest BCUT2D eigenvalue weighted by Gasteiger charge is 2.32. The molecular weight excluding hydrogens is 284 g/mol. The zero-order valence-corrected chi connectivity index (χ0v) is 12.0. The van der Waals surface area contributed by atoms with Gasteiger partial charge < -0.3 is 9.64 Å². The maximum atomic E-state index is 12.5.